The molecule has 0 saturated heterocycles. The summed E-state index contributed by atoms with van der Waals surface area (Å²) in [4.78, 5) is 4.43. The molecule has 0 spiro atoms. The highest BCUT2D eigenvalue weighted by Gasteiger charge is 2.10. The molecule has 2 aliphatic rings. The summed E-state index contributed by atoms with van der Waals surface area (Å²) in [6.45, 7) is 4.01. The van der Waals surface area contributed by atoms with Gasteiger partial charge < -0.3 is 4.57 Å². The van der Waals surface area contributed by atoms with Crippen molar-refractivity contribution in [1.29, 1.82) is 5.41 Å². The Morgan fingerprint density at radius 1 is 1.26 bits per heavy atom. The van der Waals surface area contributed by atoms with Crippen LogP contribution >= 0.6 is 0 Å². The van der Waals surface area contributed by atoms with Crippen LogP contribution in [0.25, 0.3) is 11.4 Å². The molecule has 2 rings (SSSR count). The monoisotopic (exact) mass is 287 g/mol. The Morgan fingerprint density at radius 2 is 1.79 bits per heavy atom. The van der Waals surface area contributed by atoms with Gasteiger partial charge in [0.25, 0.3) is 0 Å². The van der Waals surface area contributed by atoms with Crippen molar-refractivity contribution in [3.63, 3.8) is 0 Å². The zero-order valence-electron chi connectivity index (χ0n) is 10.7. The predicted molar refractivity (Wildman–Crippen MR) is 57.4 cm³/mol. The summed E-state index contributed by atoms with van der Waals surface area (Å²) in [5.41, 5.74) is 3.92. The summed E-state index contributed by atoms with van der Waals surface area (Å²) in [5, 5.41) is 8.24. The predicted octanol–water partition coefficient (Wildman–Crippen LogP) is -2.50. The summed E-state index contributed by atoms with van der Waals surface area (Å²) in [7, 11) is -2.69. The van der Waals surface area contributed by atoms with Crippen molar-refractivity contribution in [1.82, 2.24) is 9.55 Å². The lowest BCUT2D eigenvalue weighted by molar-refractivity contribution is -1.92. The second-order valence-corrected chi connectivity index (χ2v) is 4.70. The van der Waals surface area contributed by atoms with Crippen LogP contribution in [0.2, 0.25) is 0 Å². The topological polar surface area (TPSA) is 131 Å². The molecule has 0 fully saturated rings. The van der Waals surface area contributed by atoms with E-state index in [1.807, 2.05) is 33.0 Å². The van der Waals surface area contributed by atoms with Crippen molar-refractivity contribution < 1.29 is 28.9 Å². The van der Waals surface area contributed by atoms with Gasteiger partial charge in [0.2, 0.25) is 0 Å². The number of hydrogen-bond acceptors (Lipinski definition) is 6. The summed E-state index contributed by atoms with van der Waals surface area (Å²) >= 11 is 0. The first-order valence-corrected chi connectivity index (χ1v) is 6.48. The first-order valence-electron chi connectivity index (χ1n) is 5.22. The number of aryl methyl sites for hydroxylation is 1. The third-order valence-electron chi connectivity index (χ3n) is 2.68. The van der Waals surface area contributed by atoms with Gasteiger partial charge in [-0.2, -0.15) is 14.0 Å². The molecule has 1 aliphatic carbocycles. The standard InChI is InChI=1S/C11H13N3.ClHO4/c1-7-8(2)14(3)10-6-4-5-9(12)11(10)13-7;2-1(3,4)5/h4-6,12H,1-3H3;(H,2,3,4,5). The van der Waals surface area contributed by atoms with E-state index < -0.39 is 10.2 Å². The molecule has 19 heavy (non-hydrogen) atoms. The van der Waals surface area contributed by atoms with Gasteiger partial charge in [-0.1, -0.05) is 6.07 Å². The van der Waals surface area contributed by atoms with Crippen LogP contribution in [0.4, 0.5) is 0 Å². The van der Waals surface area contributed by atoms with Crippen molar-refractivity contribution in [3.8, 4) is 11.4 Å². The molecule has 1 heterocycles. The van der Waals surface area contributed by atoms with E-state index in [4.69, 9.17) is 24.0 Å². The summed E-state index contributed by atoms with van der Waals surface area (Å²) in [6, 6.07) is 5.65. The van der Waals surface area contributed by atoms with Crippen LogP contribution in [0.15, 0.2) is 18.2 Å². The number of benzene rings is 1. The van der Waals surface area contributed by atoms with Gasteiger partial charge in [0, 0.05) is 12.7 Å². The van der Waals surface area contributed by atoms with Crippen molar-refractivity contribution in [3.05, 3.63) is 34.9 Å². The van der Waals surface area contributed by atoms with Gasteiger partial charge in [-0.25, -0.2) is 4.98 Å². The van der Waals surface area contributed by atoms with Crippen LogP contribution in [-0.2, 0) is 7.05 Å². The van der Waals surface area contributed by atoms with E-state index in [0.29, 0.717) is 5.36 Å². The van der Waals surface area contributed by atoms with Crippen LogP contribution in [-0.4, -0.2) is 14.2 Å². The van der Waals surface area contributed by atoms with E-state index in [0.717, 1.165) is 22.8 Å². The zero-order chi connectivity index (χ0) is 14.8. The minimum absolute atomic E-state index is 0.487. The van der Waals surface area contributed by atoms with Crippen LogP contribution in [0.5, 0.6) is 0 Å². The largest absolute Gasteiger partial charge is 0.345 e. The highest BCUT2D eigenvalue weighted by Crippen LogP contribution is 2.17. The Kier molecular flexibility index (Phi) is 4.61. The third-order valence-corrected chi connectivity index (χ3v) is 2.68. The molecule has 0 aromatic heterocycles. The van der Waals surface area contributed by atoms with Crippen molar-refractivity contribution in [2.75, 3.05) is 0 Å². The first kappa shape index (κ1) is 15.5. The number of halogens is 1. The van der Waals surface area contributed by atoms with Gasteiger partial charge >= 0.3 is 0 Å². The summed E-state index contributed by atoms with van der Waals surface area (Å²) < 4.78 is 34.8. The van der Waals surface area contributed by atoms with E-state index >= 15 is 0 Å². The maximum absolute atomic E-state index is 8.60. The zero-order valence-corrected chi connectivity index (χ0v) is 11.4. The molecule has 0 bridgehead atoms. The fraction of sp³-hybridized carbons (Fsp3) is 0.273. The van der Waals surface area contributed by atoms with Gasteiger partial charge in [-0.05, 0) is 26.0 Å². The number of para-hydroxylation sites is 1. The van der Waals surface area contributed by atoms with Gasteiger partial charge in [0.15, 0.2) is 0 Å². The molecular weight excluding hydrogens is 274 g/mol. The average Bonchev–Trinajstić information content (AvgIpc) is 2.26. The van der Waals surface area contributed by atoms with Crippen molar-refractivity contribution in [2.45, 2.75) is 13.8 Å². The molecule has 7 nitrogen and oxygen atoms in total. The molecule has 0 atom stereocenters. The van der Waals surface area contributed by atoms with Crippen LogP contribution in [0.1, 0.15) is 11.4 Å². The third kappa shape index (κ3) is 4.27. The second kappa shape index (κ2) is 5.64. The SMILES string of the molecule is Cc1nc2c(=N)cccc-2n(C)c1C.[O-][Cl+3]([O-])([O-])O. The molecule has 0 radical (unpaired) electrons. The summed E-state index contributed by atoms with van der Waals surface area (Å²) in [6.07, 6.45) is 0. The van der Waals surface area contributed by atoms with Crippen LogP contribution in [0.3, 0.4) is 0 Å². The molecule has 1 aliphatic heterocycles. The quantitative estimate of drug-likeness (QED) is 0.553. The number of aromatic nitrogens is 2. The van der Waals surface area contributed by atoms with Crippen LogP contribution in [0, 0.1) is 29.5 Å². The number of nitrogens with one attached hydrogen (secondary N) is 1. The van der Waals surface area contributed by atoms with E-state index in [1.165, 1.54) is 0 Å². The summed E-state index contributed by atoms with van der Waals surface area (Å²) in [5.74, 6) is 0. The molecular formula is C11H14ClN3O4. The number of fused-ring (bicyclic) bond motifs is 1. The lowest BCUT2D eigenvalue weighted by Crippen LogP contribution is -2.58. The number of rotatable bonds is 0. The van der Waals surface area contributed by atoms with E-state index in [-0.39, 0.29) is 0 Å². The minimum Gasteiger partial charge on any atom is -0.345 e. The van der Waals surface area contributed by atoms with Gasteiger partial charge in [-0.15, -0.1) is 0 Å². The Bertz CT molecular complexity index is 600. The molecule has 0 saturated carbocycles. The van der Waals surface area contributed by atoms with Gasteiger partial charge in [0.05, 0.1) is 31.6 Å². The van der Waals surface area contributed by atoms with Gasteiger partial charge in [-0.3, -0.25) is 5.41 Å². The van der Waals surface area contributed by atoms with Crippen molar-refractivity contribution in [2.24, 2.45) is 7.05 Å². The fourth-order valence-electron chi connectivity index (χ4n) is 1.59. The number of hydrogen-bond donors (Lipinski definition) is 2. The first-order chi connectivity index (χ1) is 8.61. The van der Waals surface area contributed by atoms with E-state index in [1.54, 1.807) is 6.07 Å². The Morgan fingerprint density at radius 3 is 2.32 bits per heavy atom. The highest BCUT2D eigenvalue weighted by atomic mass is 35.7. The van der Waals surface area contributed by atoms with Gasteiger partial charge in [0.1, 0.15) is 5.69 Å². The highest BCUT2D eigenvalue weighted by molar-refractivity contribution is 5.56. The fourth-order valence-corrected chi connectivity index (χ4v) is 1.59. The van der Waals surface area contributed by atoms with E-state index in [2.05, 4.69) is 9.55 Å². The lowest BCUT2D eigenvalue weighted by atomic mass is 10.1. The van der Waals surface area contributed by atoms with Crippen molar-refractivity contribution >= 4 is 0 Å². The maximum atomic E-state index is 8.60. The normalized spacial score (nSPS) is 11.1. The molecule has 8 heteroatoms. The molecule has 104 valence electrons. The maximum Gasteiger partial charge on any atom is 0.112 e. The molecule has 0 aromatic rings. The number of nitrogens with zero attached hydrogens (tertiary/aromatic N) is 2. The average molecular weight is 288 g/mol. The Labute approximate surface area is 112 Å². The molecule has 2 N–H and O–H groups in total. The Balaban J connectivity index is 0.000000312. The minimum atomic E-state index is -4.69. The lowest BCUT2D eigenvalue weighted by Gasteiger charge is -2.15. The molecule has 0 aromatic carbocycles. The van der Waals surface area contributed by atoms with E-state index in [9.17, 15) is 0 Å². The smallest absolute Gasteiger partial charge is 0.112 e. The molecule has 0 unspecified atom stereocenters. The van der Waals surface area contributed by atoms with Crippen LogP contribution < -0.4 is 19.3 Å². The second-order valence-electron chi connectivity index (χ2n) is 3.91. The Hall–Kier alpha value is -1.51. The molecule has 0 amide bonds.